The normalized spacial score (nSPS) is 16.2. The molecule has 0 aromatic heterocycles. The Morgan fingerprint density at radius 1 is 0.966 bits per heavy atom. The minimum absolute atomic E-state index is 0.0948. The molecule has 0 spiro atoms. The average Bonchev–Trinajstić information content (AvgIpc) is 3.01. The maximum absolute atomic E-state index is 12.7. The molecule has 146 valence electrons. The fourth-order valence-electron chi connectivity index (χ4n) is 3.22. The van der Waals surface area contributed by atoms with E-state index >= 15 is 0 Å². The highest BCUT2D eigenvalue weighted by atomic mass is 35.5. The van der Waals surface area contributed by atoms with Crippen LogP contribution in [0.15, 0.2) is 78.9 Å². The molecule has 0 bridgehead atoms. The zero-order chi connectivity index (χ0) is 20.2. The van der Waals surface area contributed by atoms with Gasteiger partial charge in [-0.25, -0.2) is 4.90 Å². The lowest BCUT2D eigenvalue weighted by Gasteiger charge is -2.16. The molecule has 3 aromatic carbocycles. The van der Waals surface area contributed by atoms with Crippen LogP contribution in [-0.2, 0) is 16.2 Å². The van der Waals surface area contributed by atoms with Crippen molar-refractivity contribution in [2.45, 2.75) is 19.1 Å². The van der Waals surface area contributed by atoms with Gasteiger partial charge in [-0.3, -0.25) is 9.59 Å². The minimum Gasteiger partial charge on any atom is -0.489 e. The van der Waals surface area contributed by atoms with E-state index < -0.39 is 6.04 Å². The lowest BCUT2D eigenvalue weighted by molar-refractivity contribution is -0.121. The first kappa shape index (κ1) is 19.0. The molecule has 1 atom stereocenters. The second-order valence-corrected chi connectivity index (χ2v) is 7.18. The number of imide groups is 1. The third kappa shape index (κ3) is 4.41. The zero-order valence-electron chi connectivity index (χ0n) is 15.5. The Hall–Kier alpha value is -3.31. The van der Waals surface area contributed by atoms with E-state index in [4.69, 9.17) is 16.3 Å². The van der Waals surface area contributed by atoms with Crippen LogP contribution in [0.25, 0.3) is 0 Å². The molecule has 1 aliphatic rings. The Bertz CT molecular complexity index is 1020. The van der Waals surface area contributed by atoms with Gasteiger partial charge in [-0.1, -0.05) is 48.0 Å². The largest absolute Gasteiger partial charge is 0.489 e. The van der Waals surface area contributed by atoms with Crippen molar-refractivity contribution < 1.29 is 14.3 Å². The van der Waals surface area contributed by atoms with E-state index in [1.165, 1.54) is 4.90 Å². The number of ether oxygens (including phenoxy) is 1. The van der Waals surface area contributed by atoms with Crippen LogP contribution < -0.4 is 15.0 Å². The van der Waals surface area contributed by atoms with Crippen LogP contribution in [0.2, 0.25) is 5.02 Å². The zero-order valence-corrected chi connectivity index (χ0v) is 16.3. The number of rotatable bonds is 6. The number of nitrogens with zero attached hydrogens (tertiary/aromatic N) is 1. The van der Waals surface area contributed by atoms with E-state index in [9.17, 15) is 9.59 Å². The SMILES string of the molecule is O=C1C[C@@H](Nc2ccc(OCc3ccccc3)cc2)C(=O)N1c1cccc(Cl)c1. The molecule has 0 aliphatic carbocycles. The molecule has 0 radical (unpaired) electrons. The minimum atomic E-state index is -0.613. The molecule has 1 heterocycles. The maximum atomic E-state index is 12.7. The van der Waals surface area contributed by atoms with Crippen molar-refractivity contribution in [3.8, 4) is 5.75 Å². The third-order valence-corrected chi connectivity index (χ3v) is 4.89. The lowest BCUT2D eigenvalue weighted by atomic mass is 10.2. The number of amides is 2. The summed E-state index contributed by atoms with van der Waals surface area (Å²) < 4.78 is 5.77. The van der Waals surface area contributed by atoms with Gasteiger partial charge in [-0.2, -0.15) is 0 Å². The highest BCUT2D eigenvalue weighted by Crippen LogP contribution is 2.27. The van der Waals surface area contributed by atoms with Crippen LogP contribution >= 0.6 is 11.6 Å². The molecule has 1 N–H and O–H groups in total. The van der Waals surface area contributed by atoms with Crippen LogP contribution in [-0.4, -0.2) is 17.9 Å². The number of anilines is 2. The van der Waals surface area contributed by atoms with E-state index in [1.807, 2.05) is 54.6 Å². The van der Waals surface area contributed by atoms with E-state index in [-0.39, 0.29) is 18.2 Å². The first-order valence-corrected chi connectivity index (χ1v) is 9.63. The smallest absolute Gasteiger partial charge is 0.256 e. The monoisotopic (exact) mass is 406 g/mol. The van der Waals surface area contributed by atoms with Crippen molar-refractivity contribution in [2.75, 3.05) is 10.2 Å². The standard InChI is InChI=1S/C23H19ClN2O3/c24-17-7-4-8-19(13-17)26-22(27)14-21(23(26)28)25-18-9-11-20(12-10-18)29-15-16-5-2-1-3-6-16/h1-13,21,25H,14-15H2/t21-/m1/s1. The summed E-state index contributed by atoms with van der Waals surface area (Å²) in [6.45, 7) is 0.484. The fourth-order valence-corrected chi connectivity index (χ4v) is 3.41. The molecule has 0 unspecified atom stereocenters. The van der Waals surface area contributed by atoms with Crippen molar-refractivity contribution in [1.82, 2.24) is 0 Å². The van der Waals surface area contributed by atoms with Gasteiger partial charge in [0.25, 0.3) is 5.91 Å². The van der Waals surface area contributed by atoms with Crippen molar-refractivity contribution in [3.63, 3.8) is 0 Å². The number of hydrogen-bond donors (Lipinski definition) is 1. The van der Waals surface area contributed by atoms with Gasteiger partial charge in [-0.15, -0.1) is 0 Å². The third-order valence-electron chi connectivity index (χ3n) is 4.66. The van der Waals surface area contributed by atoms with E-state index in [0.717, 1.165) is 17.0 Å². The first-order chi connectivity index (χ1) is 14.1. The highest BCUT2D eigenvalue weighted by Gasteiger charge is 2.39. The van der Waals surface area contributed by atoms with Gasteiger partial charge in [0.15, 0.2) is 0 Å². The van der Waals surface area contributed by atoms with Crippen LogP contribution in [0.1, 0.15) is 12.0 Å². The Morgan fingerprint density at radius 2 is 1.72 bits per heavy atom. The van der Waals surface area contributed by atoms with Crippen molar-refractivity contribution in [1.29, 1.82) is 0 Å². The Balaban J connectivity index is 1.39. The number of halogens is 1. The topological polar surface area (TPSA) is 58.6 Å². The van der Waals surface area contributed by atoms with Gasteiger partial charge in [-0.05, 0) is 48.0 Å². The van der Waals surface area contributed by atoms with Gasteiger partial charge in [0, 0.05) is 10.7 Å². The quantitative estimate of drug-likeness (QED) is 0.605. The summed E-state index contributed by atoms with van der Waals surface area (Å²) in [6.07, 6.45) is 0.0948. The number of benzene rings is 3. The summed E-state index contributed by atoms with van der Waals surface area (Å²) in [5.41, 5.74) is 2.32. The summed E-state index contributed by atoms with van der Waals surface area (Å²) in [4.78, 5) is 26.3. The molecule has 5 nitrogen and oxygen atoms in total. The van der Waals surface area contributed by atoms with Crippen LogP contribution in [0.5, 0.6) is 5.75 Å². The molecule has 4 rings (SSSR count). The van der Waals surface area contributed by atoms with Crippen LogP contribution in [0, 0.1) is 0 Å². The molecule has 0 saturated carbocycles. The van der Waals surface area contributed by atoms with Crippen molar-refractivity contribution in [2.24, 2.45) is 0 Å². The number of nitrogens with one attached hydrogen (secondary N) is 1. The molecule has 1 fully saturated rings. The van der Waals surface area contributed by atoms with E-state index in [1.54, 1.807) is 24.3 Å². The second kappa shape index (κ2) is 8.37. The van der Waals surface area contributed by atoms with Gasteiger partial charge in [0.2, 0.25) is 5.91 Å². The van der Waals surface area contributed by atoms with Crippen molar-refractivity contribution >= 4 is 34.8 Å². The van der Waals surface area contributed by atoms with E-state index in [2.05, 4.69) is 5.32 Å². The number of carbonyl (C=O) groups is 2. The Morgan fingerprint density at radius 3 is 2.45 bits per heavy atom. The predicted octanol–water partition coefficient (Wildman–Crippen LogP) is 4.66. The molecular formula is C23H19ClN2O3. The van der Waals surface area contributed by atoms with E-state index in [0.29, 0.717) is 17.3 Å². The summed E-state index contributed by atoms with van der Waals surface area (Å²) in [6, 6.07) is 23.4. The van der Waals surface area contributed by atoms with Gasteiger partial charge >= 0.3 is 0 Å². The van der Waals surface area contributed by atoms with Crippen molar-refractivity contribution in [3.05, 3.63) is 89.4 Å². The molecule has 6 heteroatoms. The number of hydrogen-bond acceptors (Lipinski definition) is 4. The van der Waals surface area contributed by atoms with Gasteiger partial charge in [0.05, 0.1) is 12.1 Å². The Labute approximate surface area is 173 Å². The first-order valence-electron chi connectivity index (χ1n) is 9.26. The Kier molecular flexibility index (Phi) is 5.49. The fraction of sp³-hybridized carbons (Fsp3) is 0.130. The summed E-state index contributed by atoms with van der Waals surface area (Å²) in [5, 5.41) is 3.61. The lowest BCUT2D eigenvalue weighted by Crippen LogP contribution is -2.34. The van der Waals surface area contributed by atoms with Gasteiger partial charge < -0.3 is 10.1 Å². The molecule has 1 aliphatic heterocycles. The highest BCUT2D eigenvalue weighted by molar-refractivity contribution is 6.31. The predicted molar refractivity (Wildman–Crippen MR) is 113 cm³/mol. The maximum Gasteiger partial charge on any atom is 0.256 e. The molecule has 3 aromatic rings. The van der Waals surface area contributed by atoms with Crippen LogP contribution in [0.3, 0.4) is 0 Å². The summed E-state index contributed by atoms with van der Waals surface area (Å²) in [7, 11) is 0. The summed E-state index contributed by atoms with van der Waals surface area (Å²) in [5.74, 6) is 0.188. The second-order valence-electron chi connectivity index (χ2n) is 6.75. The molecule has 29 heavy (non-hydrogen) atoms. The molecular weight excluding hydrogens is 388 g/mol. The molecule has 2 amide bonds. The summed E-state index contributed by atoms with van der Waals surface area (Å²) >= 11 is 5.99. The number of carbonyl (C=O) groups excluding carboxylic acids is 2. The van der Waals surface area contributed by atoms with Crippen LogP contribution in [0.4, 0.5) is 11.4 Å². The average molecular weight is 407 g/mol. The molecule has 1 saturated heterocycles. The van der Waals surface area contributed by atoms with Gasteiger partial charge in [0.1, 0.15) is 18.4 Å².